The van der Waals surface area contributed by atoms with Gasteiger partial charge in [-0.25, -0.2) is 4.98 Å². The normalized spacial score (nSPS) is 16.0. The summed E-state index contributed by atoms with van der Waals surface area (Å²) in [4.78, 5) is 21.1. The van der Waals surface area contributed by atoms with E-state index in [0.717, 1.165) is 0 Å². The van der Waals surface area contributed by atoms with E-state index < -0.39 is 29.0 Å². The van der Waals surface area contributed by atoms with E-state index in [1.165, 1.54) is 17.1 Å². The smallest absolute Gasteiger partial charge is 0.336 e. The SMILES string of the molecule is NCCc1cn(CC(O)(O[P+](=O)O)O[P+](=O)O)cn1. The van der Waals surface area contributed by atoms with Gasteiger partial charge in [-0.2, -0.15) is 0 Å². The lowest BCUT2D eigenvalue weighted by Gasteiger charge is -2.13. The van der Waals surface area contributed by atoms with Crippen molar-refractivity contribution in [1.82, 2.24) is 9.55 Å². The first kappa shape index (κ1) is 16.2. The molecule has 12 heteroatoms. The zero-order valence-electron chi connectivity index (χ0n) is 9.62. The molecule has 106 valence electrons. The minimum Gasteiger partial charge on any atom is -0.336 e. The van der Waals surface area contributed by atoms with E-state index in [0.29, 0.717) is 18.7 Å². The van der Waals surface area contributed by atoms with Crippen molar-refractivity contribution in [2.24, 2.45) is 5.73 Å². The highest BCUT2D eigenvalue weighted by Gasteiger charge is 2.48. The lowest BCUT2D eigenvalue weighted by Crippen LogP contribution is -2.36. The molecule has 0 aliphatic rings. The van der Waals surface area contributed by atoms with Gasteiger partial charge in [-0.05, 0) is 15.6 Å². The molecule has 0 aliphatic carbocycles. The van der Waals surface area contributed by atoms with Gasteiger partial charge >= 0.3 is 22.5 Å². The molecule has 1 heterocycles. The minimum absolute atomic E-state index is 0.374. The van der Waals surface area contributed by atoms with Crippen LogP contribution in [0.3, 0.4) is 0 Å². The van der Waals surface area contributed by atoms with Crippen molar-refractivity contribution in [3.8, 4) is 0 Å². The molecule has 2 atom stereocenters. The molecule has 5 N–H and O–H groups in total. The van der Waals surface area contributed by atoms with Crippen LogP contribution in [0.15, 0.2) is 12.5 Å². The highest BCUT2D eigenvalue weighted by atomic mass is 31.1. The lowest BCUT2D eigenvalue weighted by atomic mass is 10.3. The van der Waals surface area contributed by atoms with Gasteiger partial charge in [-0.15, -0.1) is 9.79 Å². The fourth-order valence-corrected chi connectivity index (χ4v) is 2.06. The Morgan fingerprint density at radius 1 is 1.37 bits per heavy atom. The Balaban J connectivity index is 2.80. The summed E-state index contributed by atoms with van der Waals surface area (Å²) in [6, 6.07) is 0. The zero-order chi connectivity index (χ0) is 14.5. The number of aliphatic hydroxyl groups is 1. The van der Waals surface area contributed by atoms with Crippen molar-refractivity contribution in [3.05, 3.63) is 18.2 Å². The summed E-state index contributed by atoms with van der Waals surface area (Å²) >= 11 is 0. The maximum Gasteiger partial charge on any atom is 0.700 e. The molecule has 19 heavy (non-hydrogen) atoms. The van der Waals surface area contributed by atoms with Crippen LogP contribution in [0.1, 0.15) is 5.69 Å². The number of hydrogen-bond acceptors (Lipinski definition) is 7. The maximum atomic E-state index is 10.6. The standard InChI is InChI=1S/C7H11N3O7P2/c8-2-1-6-3-10(5-9-6)4-7(11,16-18(12)13)17-19(14)15/h3,5,11H,1-2,4,8H2/p+2. The number of rotatable bonds is 8. The Bertz CT molecular complexity index is 449. The fraction of sp³-hybridized carbons (Fsp3) is 0.571. The first-order chi connectivity index (χ1) is 8.84. The Morgan fingerprint density at radius 3 is 2.42 bits per heavy atom. The molecule has 0 bridgehead atoms. The van der Waals surface area contributed by atoms with Gasteiger partial charge in [0, 0.05) is 21.7 Å². The van der Waals surface area contributed by atoms with Gasteiger partial charge in [0.15, 0.2) is 0 Å². The van der Waals surface area contributed by atoms with Gasteiger partial charge in [-0.1, -0.05) is 0 Å². The molecule has 0 saturated carbocycles. The fourth-order valence-electron chi connectivity index (χ4n) is 1.32. The molecule has 0 aromatic carbocycles. The van der Waals surface area contributed by atoms with E-state index in [2.05, 4.69) is 14.0 Å². The summed E-state index contributed by atoms with van der Waals surface area (Å²) in [7, 11) is -6.47. The molecule has 1 aromatic rings. The molecule has 0 radical (unpaired) electrons. The average Bonchev–Trinajstić information content (AvgIpc) is 2.62. The third-order valence-electron chi connectivity index (χ3n) is 1.91. The predicted octanol–water partition coefficient (Wildman–Crippen LogP) is -0.637. The molecule has 10 nitrogen and oxygen atoms in total. The van der Waals surface area contributed by atoms with Crippen molar-refractivity contribution >= 4 is 16.5 Å². The van der Waals surface area contributed by atoms with Crippen LogP contribution in [-0.2, 0) is 31.1 Å². The Morgan fingerprint density at radius 2 is 1.95 bits per heavy atom. The summed E-state index contributed by atoms with van der Waals surface area (Å²) in [6.45, 7) is -0.146. The number of aromatic nitrogens is 2. The summed E-state index contributed by atoms with van der Waals surface area (Å²) < 4.78 is 30.8. The highest BCUT2D eigenvalue weighted by molar-refractivity contribution is 7.33. The second-order valence-electron chi connectivity index (χ2n) is 3.45. The quantitative estimate of drug-likeness (QED) is 0.362. The number of nitrogens with zero attached hydrogens (tertiary/aromatic N) is 2. The molecular weight excluding hydrogens is 300 g/mol. The van der Waals surface area contributed by atoms with Crippen LogP contribution in [-0.4, -0.2) is 37.0 Å². The Labute approximate surface area is 109 Å². The molecule has 1 aromatic heterocycles. The summed E-state index contributed by atoms with van der Waals surface area (Å²) in [6.07, 6.45) is 3.27. The zero-order valence-corrected chi connectivity index (χ0v) is 11.4. The largest absolute Gasteiger partial charge is 0.700 e. The average molecular weight is 313 g/mol. The molecule has 2 unspecified atom stereocenters. The Hall–Kier alpha value is -0.830. The van der Waals surface area contributed by atoms with Crippen LogP contribution in [0.5, 0.6) is 0 Å². The summed E-state index contributed by atoms with van der Waals surface area (Å²) in [5, 5.41) is 9.74. The van der Waals surface area contributed by atoms with Crippen LogP contribution in [0.25, 0.3) is 0 Å². The van der Waals surface area contributed by atoms with E-state index in [-0.39, 0.29) is 0 Å². The summed E-state index contributed by atoms with van der Waals surface area (Å²) in [5.41, 5.74) is 5.95. The van der Waals surface area contributed by atoms with Crippen molar-refractivity contribution in [1.29, 1.82) is 0 Å². The third-order valence-corrected chi connectivity index (χ3v) is 2.79. The van der Waals surface area contributed by atoms with Crippen molar-refractivity contribution in [2.45, 2.75) is 18.9 Å². The Kier molecular flexibility index (Phi) is 6.05. The van der Waals surface area contributed by atoms with E-state index in [1.54, 1.807) is 0 Å². The number of imidazole rings is 1. The molecule has 0 amide bonds. The van der Waals surface area contributed by atoms with Gasteiger partial charge in [0.1, 0.15) is 6.54 Å². The number of nitrogens with two attached hydrogens (primary N) is 1. The second-order valence-corrected chi connectivity index (χ2v) is 4.76. The second kappa shape index (κ2) is 7.09. The molecule has 1 rings (SSSR count). The van der Waals surface area contributed by atoms with E-state index >= 15 is 0 Å². The monoisotopic (exact) mass is 313 g/mol. The lowest BCUT2D eigenvalue weighted by molar-refractivity contribution is -0.281. The van der Waals surface area contributed by atoms with Gasteiger partial charge in [0.25, 0.3) is 0 Å². The minimum atomic E-state index is -3.23. The molecule has 0 saturated heterocycles. The molecule has 0 fully saturated rings. The van der Waals surface area contributed by atoms with Crippen molar-refractivity contribution < 1.29 is 33.1 Å². The topological polar surface area (TPSA) is 157 Å². The van der Waals surface area contributed by atoms with Crippen LogP contribution in [0.4, 0.5) is 0 Å². The molecule has 0 aliphatic heterocycles. The van der Waals surface area contributed by atoms with Gasteiger partial charge in [0.2, 0.25) is 0 Å². The highest BCUT2D eigenvalue weighted by Crippen LogP contribution is 2.33. The van der Waals surface area contributed by atoms with Crippen molar-refractivity contribution in [2.75, 3.05) is 6.54 Å². The van der Waals surface area contributed by atoms with Crippen molar-refractivity contribution in [3.63, 3.8) is 0 Å². The van der Waals surface area contributed by atoms with E-state index in [1.807, 2.05) is 0 Å². The van der Waals surface area contributed by atoms with Crippen LogP contribution in [0, 0.1) is 0 Å². The first-order valence-electron chi connectivity index (χ1n) is 4.98. The first-order valence-corrected chi connectivity index (χ1v) is 7.24. The van der Waals surface area contributed by atoms with Crippen LogP contribution in [0.2, 0.25) is 0 Å². The summed E-state index contributed by atoms with van der Waals surface area (Å²) in [5.74, 6) is -2.72. The van der Waals surface area contributed by atoms with Gasteiger partial charge in [0.05, 0.1) is 12.0 Å². The van der Waals surface area contributed by atoms with E-state index in [9.17, 15) is 14.2 Å². The van der Waals surface area contributed by atoms with Gasteiger partial charge in [-0.3, -0.25) is 0 Å². The maximum absolute atomic E-state index is 10.6. The van der Waals surface area contributed by atoms with Crippen LogP contribution >= 0.6 is 16.5 Å². The third kappa shape index (κ3) is 5.77. The number of hydrogen-bond donors (Lipinski definition) is 4. The van der Waals surface area contributed by atoms with E-state index in [4.69, 9.17) is 15.5 Å². The van der Waals surface area contributed by atoms with Crippen LogP contribution < -0.4 is 5.73 Å². The molecule has 0 spiro atoms. The predicted molar refractivity (Wildman–Crippen MR) is 61.8 cm³/mol. The molecular formula is C7H13N3O7P2+2. The van der Waals surface area contributed by atoms with Gasteiger partial charge < -0.3 is 15.4 Å².